The zero-order valence-corrected chi connectivity index (χ0v) is 9.08. The number of carboxylic acid groups (broad SMARTS) is 1. The van der Waals surface area contributed by atoms with Crippen molar-refractivity contribution in [2.24, 2.45) is 0 Å². The van der Waals surface area contributed by atoms with E-state index in [-0.39, 0.29) is 5.91 Å². The van der Waals surface area contributed by atoms with Gasteiger partial charge in [-0.3, -0.25) is 4.79 Å². The zero-order valence-electron chi connectivity index (χ0n) is 9.08. The van der Waals surface area contributed by atoms with Crippen molar-refractivity contribution in [3.8, 4) is 0 Å². The van der Waals surface area contributed by atoms with Crippen molar-refractivity contribution in [1.29, 1.82) is 0 Å². The molecule has 0 spiro atoms. The number of nitrogens with zero attached hydrogens (tertiary/aromatic N) is 1. The molecule has 1 atom stereocenters. The minimum Gasteiger partial charge on any atom is -0.480 e. The quantitative estimate of drug-likeness (QED) is 0.779. The second-order valence-electron chi connectivity index (χ2n) is 3.31. The zero-order chi connectivity index (χ0) is 12.1. The number of carbonyl (C=O) groups is 2. The van der Waals surface area contributed by atoms with Crippen molar-refractivity contribution < 1.29 is 19.1 Å². The maximum atomic E-state index is 11.5. The normalized spacial score (nSPS) is 12.6. The summed E-state index contributed by atoms with van der Waals surface area (Å²) in [5.41, 5.74) is 0. The minimum absolute atomic E-state index is 0.383. The standard InChI is InChI=1S/C11H13NO4/c1-8(11(14)15)12(2)10(13)6-5-9-4-3-7-16-9/h3-8H,1-2H3,(H,14,15). The minimum atomic E-state index is -1.04. The molecule has 0 fully saturated rings. The number of amides is 1. The number of carboxylic acids is 1. The van der Waals surface area contributed by atoms with E-state index in [1.807, 2.05) is 0 Å². The Labute approximate surface area is 93.0 Å². The smallest absolute Gasteiger partial charge is 0.326 e. The van der Waals surface area contributed by atoms with Gasteiger partial charge in [-0.1, -0.05) is 0 Å². The Balaban J connectivity index is 2.62. The lowest BCUT2D eigenvalue weighted by molar-refractivity contribution is -0.146. The van der Waals surface area contributed by atoms with E-state index in [0.29, 0.717) is 5.76 Å². The molecule has 1 N–H and O–H groups in total. The van der Waals surface area contributed by atoms with E-state index in [1.54, 1.807) is 12.1 Å². The molecule has 1 aromatic rings. The van der Waals surface area contributed by atoms with E-state index in [1.165, 1.54) is 32.4 Å². The Kier molecular flexibility index (Phi) is 3.88. The summed E-state index contributed by atoms with van der Waals surface area (Å²) in [5.74, 6) is -0.877. The van der Waals surface area contributed by atoms with E-state index in [0.717, 1.165) is 4.90 Å². The molecule has 0 saturated carbocycles. The molecule has 0 aromatic carbocycles. The lowest BCUT2D eigenvalue weighted by Gasteiger charge is -2.19. The molecule has 5 nitrogen and oxygen atoms in total. The van der Waals surface area contributed by atoms with Crippen LogP contribution in [0.15, 0.2) is 28.9 Å². The SMILES string of the molecule is CC(C(=O)O)N(C)C(=O)C=Cc1ccco1. The highest BCUT2D eigenvalue weighted by molar-refractivity contribution is 5.93. The molecule has 1 unspecified atom stereocenters. The monoisotopic (exact) mass is 223 g/mol. The Morgan fingerprint density at radius 3 is 2.75 bits per heavy atom. The lowest BCUT2D eigenvalue weighted by Crippen LogP contribution is -2.39. The molecule has 0 radical (unpaired) electrons. The molecule has 1 rings (SSSR count). The first-order valence-electron chi connectivity index (χ1n) is 4.73. The number of rotatable bonds is 4. The van der Waals surface area contributed by atoms with Crippen molar-refractivity contribution in [3.63, 3.8) is 0 Å². The maximum absolute atomic E-state index is 11.5. The molecule has 0 aliphatic carbocycles. The molecule has 1 heterocycles. The van der Waals surface area contributed by atoms with Crippen LogP contribution >= 0.6 is 0 Å². The molecule has 1 aromatic heterocycles. The predicted octanol–water partition coefficient (Wildman–Crippen LogP) is 1.22. The van der Waals surface area contributed by atoms with Crippen LogP contribution in [0.1, 0.15) is 12.7 Å². The molecule has 0 saturated heterocycles. The van der Waals surface area contributed by atoms with Crippen molar-refractivity contribution in [3.05, 3.63) is 30.2 Å². The van der Waals surface area contributed by atoms with Gasteiger partial charge in [-0.15, -0.1) is 0 Å². The third kappa shape index (κ3) is 2.98. The summed E-state index contributed by atoms with van der Waals surface area (Å²) in [6, 6.07) is 2.55. The van der Waals surface area contributed by atoms with Gasteiger partial charge in [-0.25, -0.2) is 4.79 Å². The second kappa shape index (κ2) is 5.16. The molecule has 16 heavy (non-hydrogen) atoms. The largest absolute Gasteiger partial charge is 0.480 e. The number of furan rings is 1. The lowest BCUT2D eigenvalue weighted by atomic mass is 10.3. The molecule has 1 amide bonds. The molecular weight excluding hydrogens is 210 g/mol. The highest BCUT2D eigenvalue weighted by Gasteiger charge is 2.19. The van der Waals surface area contributed by atoms with E-state index in [9.17, 15) is 9.59 Å². The second-order valence-corrected chi connectivity index (χ2v) is 3.31. The summed E-state index contributed by atoms with van der Waals surface area (Å²) in [6.07, 6.45) is 4.26. The highest BCUT2D eigenvalue weighted by Crippen LogP contribution is 2.04. The Morgan fingerprint density at radius 1 is 1.56 bits per heavy atom. The third-order valence-electron chi connectivity index (χ3n) is 2.22. The summed E-state index contributed by atoms with van der Waals surface area (Å²) >= 11 is 0. The van der Waals surface area contributed by atoms with E-state index >= 15 is 0 Å². The molecule has 5 heteroatoms. The maximum Gasteiger partial charge on any atom is 0.326 e. The van der Waals surface area contributed by atoms with Crippen LogP contribution in [0.3, 0.4) is 0 Å². The van der Waals surface area contributed by atoms with Gasteiger partial charge in [-0.2, -0.15) is 0 Å². The fourth-order valence-electron chi connectivity index (χ4n) is 1.01. The fourth-order valence-corrected chi connectivity index (χ4v) is 1.01. The van der Waals surface area contributed by atoms with Crippen molar-refractivity contribution in [1.82, 2.24) is 4.90 Å². The van der Waals surface area contributed by atoms with Crippen LogP contribution in [-0.2, 0) is 9.59 Å². The molecule has 0 aliphatic heterocycles. The van der Waals surface area contributed by atoms with Gasteiger partial charge in [0, 0.05) is 13.1 Å². The number of likely N-dealkylation sites (N-methyl/N-ethyl adjacent to an activating group) is 1. The number of aliphatic carboxylic acids is 1. The average Bonchev–Trinajstić information content (AvgIpc) is 2.76. The summed E-state index contributed by atoms with van der Waals surface area (Å²) in [5, 5.41) is 8.72. The summed E-state index contributed by atoms with van der Waals surface area (Å²) in [7, 11) is 1.44. The van der Waals surface area contributed by atoms with Gasteiger partial charge in [0.1, 0.15) is 11.8 Å². The van der Waals surface area contributed by atoms with Gasteiger partial charge in [0.05, 0.1) is 6.26 Å². The fraction of sp³-hybridized carbons (Fsp3) is 0.273. The molecular formula is C11H13NO4. The first-order chi connectivity index (χ1) is 7.52. The van der Waals surface area contributed by atoms with E-state index in [2.05, 4.69) is 0 Å². The Hall–Kier alpha value is -2.04. The van der Waals surface area contributed by atoms with Gasteiger partial charge < -0.3 is 14.4 Å². The van der Waals surface area contributed by atoms with Crippen LogP contribution in [0.2, 0.25) is 0 Å². The van der Waals surface area contributed by atoms with Crippen molar-refractivity contribution >= 4 is 18.0 Å². The van der Waals surface area contributed by atoms with Gasteiger partial charge in [0.2, 0.25) is 5.91 Å². The van der Waals surface area contributed by atoms with Crippen molar-refractivity contribution in [2.45, 2.75) is 13.0 Å². The van der Waals surface area contributed by atoms with Crippen LogP contribution in [0.4, 0.5) is 0 Å². The summed E-state index contributed by atoms with van der Waals surface area (Å²) < 4.78 is 5.00. The Bertz CT molecular complexity index is 394. The molecule has 0 aliphatic rings. The molecule has 0 bridgehead atoms. The van der Waals surface area contributed by atoms with Crippen LogP contribution < -0.4 is 0 Å². The highest BCUT2D eigenvalue weighted by atomic mass is 16.4. The third-order valence-corrected chi connectivity index (χ3v) is 2.22. The first-order valence-corrected chi connectivity index (χ1v) is 4.73. The molecule has 86 valence electrons. The van der Waals surface area contributed by atoms with Crippen LogP contribution in [0, 0.1) is 0 Å². The average molecular weight is 223 g/mol. The van der Waals surface area contributed by atoms with Gasteiger partial charge in [-0.05, 0) is 25.1 Å². The van der Waals surface area contributed by atoms with Crippen LogP contribution in [-0.4, -0.2) is 35.0 Å². The van der Waals surface area contributed by atoms with Crippen LogP contribution in [0.25, 0.3) is 6.08 Å². The topological polar surface area (TPSA) is 70.8 Å². The van der Waals surface area contributed by atoms with Crippen LogP contribution in [0.5, 0.6) is 0 Å². The van der Waals surface area contributed by atoms with Gasteiger partial charge >= 0.3 is 5.97 Å². The first kappa shape index (κ1) is 12.0. The summed E-state index contributed by atoms with van der Waals surface area (Å²) in [6.45, 7) is 1.45. The summed E-state index contributed by atoms with van der Waals surface area (Å²) in [4.78, 5) is 23.3. The number of hydrogen-bond acceptors (Lipinski definition) is 3. The number of carbonyl (C=O) groups excluding carboxylic acids is 1. The predicted molar refractivity (Wildman–Crippen MR) is 57.6 cm³/mol. The van der Waals surface area contributed by atoms with Gasteiger partial charge in [0.15, 0.2) is 0 Å². The number of hydrogen-bond donors (Lipinski definition) is 1. The van der Waals surface area contributed by atoms with Gasteiger partial charge in [0.25, 0.3) is 0 Å². The van der Waals surface area contributed by atoms with E-state index < -0.39 is 12.0 Å². The van der Waals surface area contributed by atoms with Crippen molar-refractivity contribution in [2.75, 3.05) is 7.05 Å². The Morgan fingerprint density at radius 2 is 2.25 bits per heavy atom. The van der Waals surface area contributed by atoms with E-state index in [4.69, 9.17) is 9.52 Å².